The second kappa shape index (κ2) is 3.50. The van der Waals surface area contributed by atoms with Gasteiger partial charge in [-0.05, 0) is 18.2 Å². The summed E-state index contributed by atoms with van der Waals surface area (Å²) < 4.78 is 5.38. The highest BCUT2D eigenvalue weighted by molar-refractivity contribution is 5.99. The van der Waals surface area contributed by atoms with E-state index in [9.17, 15) is 4.79 Å². The third kappa shape index (κ3) is 1.77. The summed E-state index contributed by atoms with van der Waals surface area (Å²) >= 11 is 0. The minimum Gasteiger partial charge on any atom is -0.441 e. The van der Waals surface area contributed by atoms with E-state index >= 15 is 0 Å². The van der Waals surface area contributed by atoms with Gasteiger partial charge in [0.25, 0.3) is 0 Å². The number of aryl methyl sites for hydroxylation is 1. The monoisotopic (exact) mass is 203 g/mol. The molecule has 1 aromatic carbocycles. The minimum atomic E-state index is 0.00599. The van der Waals surface area contributed by atoms with Crippen LogP contribution < -0.4 is 0 Å². The normalized spacial score (nSPS) is 11.2. The maximum Gasteiger partial charge on any atom is 0.192 e. The SMILES string of the molecule is Cc1nc2ccc(C(=O)C(C)C)cc2o1. The van der Waals surface area contributed by atoms with Gasteiger partial charge in [0, 0.05) is 18.4 Å². The molecule has 2 rings (SSSR count). The molecule has 0 saturated carbocycles. The first-order valence-corrected chi connectivity index (χ1v) is 4.99. The number of rotatable bonds is 2. The number of benzene rings is 1. The van der Waals surface area contributed by atoms with E-state index in [0.29, 0.717) is 17.0 Å². The third-order valence-electron chi connectivity index (χ3n) is 2.30. The molecule has 0 bridgehead atoms. The van der Waals surface area contributed by atoms with Crippen molar-refractivity contribution in [1.82, 2.24) is 4.98 Å². The quantitative estimate of drug-likeness (QED) is 0.705. The maximum absolute atomic E-state index is 11.7. The van der Waals surface area contributed by atoms with Gasteiger partial charge in [-0.25, -0.2) is 4.98 Å². The summed E-state index contributed by atoms with van der Waals surface area (Å²) in [7, 11) is 0. The lowest BCUT2D eigenvalue weighted by atomic mass is 10.0. The number of hydrogen-bond donors (Lipinski definition) is 0. The number of nitrogens with zero attached hydrogens (tertiary/aromatic N) is 1. The van der Waals surface area contributed by atoms with Crippen LogP contribution in [0.5, 0.6) is 0 Å². The molecule has 0 radical (unpaired) electrons. The maximum atomic E-state index is 11.7. The predicted molar refractivity (Wildman–Crippen MR) is 57.9 cm³/mol. The summed E-state index contributed by atoms with van der Waals surface area (Å²) in [5.74, 6) is 0.761. The van der Waals surface area contributed by atoms with E-state index in [-0.39, 0.29) is 11.7 Å². The van der Waals surface area contributed by atoms with Gasteiger partial charge in [-0.15, -0.1) is 0 Å². The molecule has 0 unspecified atom stereocenters. The number of aromatic nitrogens is 1. The third-order valence-corrected chi connectivity index (χ3v) is 2.30. The molecule has 3 nitrogen and oxygen atoms in total. The van der Waals surface area contributed by atoms with Crippen molar-refractivity contribution >= 4 is 16.9 Å². The second-order valence-corrected chi connectivity index (χ2v) is 3.93. The van der Waals surface area contributed by atoms with Crippen molar-refractivity contribution < 1.29 is 9.21 Å². The van der Waals surface area contributed by atoms with Crippen molar-refractivity contribution in [2.45, 2.75) is 20.8 Å². The van der Waals surface area contributed by atoms with Crippen molar-refractivity contribution in [2.24, 2.45) is 5.92 Å². The van der Waals surface area contributed by atoms with Crippen LogP contribution in [0, 0.1) is 12.8 Å². The van der Waals surface area contributed by atoms with Gasteiger partial charge in [-0.2, -0.15) is 0 Å². The standard InChI is InChI=1S/C12H13NO2/c1-7(2)12(14)9-4-5-10-11(6-9)15-8(3)13-10/h4-7H,1-3H3. The molecule has 1 heterocycles. The molecule has 0 atom stereocenters. The molecule has 3 heteroatoms. The average Bonchev–Trinajstić information content (AvgIpc) is 2.55. The van der Waals surface area contributed by atoms with Crippen molar-refractivity contribution in [1.29, 1.82) is 0 Å². The molecule has 0 amide bonds. The largest absolute Gasteiger partial charge is 0.441 e. The van der Waals surface area contributed by atoms with Crippen LogP contribution >= 0.6 is 0 Å². The van der Waals surface area contributed by atoms with Crippen LogP contribution in [-0.4, -0.2) is 10.8 Å². The Bertz CT molecular complexity index is 511. The highest BCUT2D eigenvalue weighted by atomic mass is 16.3. The van der Waals surface area contributed by atoms with Gasteiger partial charge in [0.2, 0.25) is 0 Å². The van der Waals surface area contributed by atoms with E-state index in [2.05, 4.69) is 4.98 Å². The van der Waals surface area contributed by atoms with Crippen molar-refractivity contribution in [3.05, 3.63) is 29.7 Å². The molecule has 0 saturated heterocycles. The van der Waals surface area contributed by atoms with Gasteiger partial charge in [0.05, 0.1) is 0 Å². The van der Waals surface area contributed by atoms with E-state index in [1.807, 2.05) is 19.9 Å². The Morgan fingerprint density at radius 3 is 2.80 bits per heavy atom. The fraction of sp³-hybridized carbons (Fsp3) is 0.333. The van der Waals surface area contributed by atoms with Gasteiger partial charge >= 0.3 is 0 Å². The van der Waals surface area contributed by atoms with Crippen LogP contribution in [0.15, 0.2) is 22.6 Å². The number of carbonyl (C=O) groups is 1. The number of oxazole rings is 1. The molecule has 0 spiro atoms. The Kier molecular flexibility index (Phi) is 2.31. The van der Waals surface area contributed by atoms with E-state index in [0.717, 1.165) is 5.52 Å². The molecule has 2 aromatic rings. The summed E-state index contributed by atoms with van der Waals surface area (Å²) in [4.78, 5) is 15.9. The Balaban J connectivity index is 2.51. The Labute approximate surface area is 88.1 Å². The Hall–Kier alpha value is -1.64. The van der Waals surface area contributed by atoms with E-state index in [1.165, 1.54) is 0 Å². The predicted octanol–water partition coefficient (Wildman–Crippen LogP) is 2.97. The molecule has 0 aliphatic rings. The van der Waals surface area contributed by atoms with Crippen LogP contribution in [-0.2, 0) is 0 Å². The molecule has 0 aliphatic heterocycles. The fourth-order valence-electron chi connectivity index (χ4n) is 1.53. The Morgan fingerprint density at radius 1 is 1.40 bits per heavy atom. The summed E-state index contributed by atoms with van der Waals surface area (Å²) in [5, 5.41) is 0. The fourth-order valence-corrected chi connectivity index (χ4v) is 1.53. The molecule has 78 valence electrons. The molecular weight excluding hydrogens is 190 g/mol. The van der Waals surface area contributed by atoms with Crippen LogP contribution in [0.1, 0.15) is 30.1 Å². The van der Waals surface area contributed by atoms with Gasteiger partial charge in [-0.1, -0.05) is 13.8 Å². The second-order valence-electron chi connectivity index (χ2n) is 3.93. The smallest absolute Gasteiger partial charge is 0.192 e. The highest BCUT2D eigenvalue weighted by Gasteiger charge is 2.12. The topological polar surface area (TPSA) is 43.1 Å². The molecular formula is C12H13NO2. The van der Waals surface area contributed by atoms with Gasteiger partial charge in [0.15, 0.2) is 17.3 Å². The first kappa shape index (κ1) is 9.90. The van der Waals surface area contributed by atoms with Crippen molar-refractivity contribution in [3.8, 4) is 0 Å². The average molecular weight is 203 g/mol. The first-order chi connectivity index (χ1) is 7.08. The van der Waals surface area contributed by atoms with Gasteiger partial charge < -0.3 is 4.42 Å². The molecule has 0 fully saturated rings. The molecule has 1 aromatic heterocycles. The lowest BCUT2D eigenvalue weighted by Crippen LogP contribution is -2.06. The number of carbonyl (C=O) groups excluding carboxylic acids is 1. The van der Waals surface area contributed by atoms with Crippen LogP contribution in [0.4, 0.5) is 0 Å². The highest BCUT2D eigenvalue weighted by Crippen LogP contribution is 2.18. The number of fused-ring (bicyclic) bond motifs is 1. The van der Waals surface area contributed by atoms with Crippen molar-refractivity contribution in [2.75, 3.05) is 0 Å². The minimum absolute atomic E-state index is 0.00599. The van der Waals surface area contributed by atoms with Crippen LogP contribution in [0.25, 0.3) is 11.1 Å². The number of hydrogen-bond acceptors (Lipinski definition) is 3. The van der Waals surface area contributed by atoms with E-state index in [4.69, 9.17) is 4.42 Å². The molecule has 0 N–H and O–H groups in total. The first-order valence-electron chi connectivity index (χ1n) is 4.99. The zero-order chi connectivity index (χ0) is 11.0. The lowest BCUT2D eigenvalue weighted by molar-refractivity contribution is 0.0939. The zero-order valence-electron chi connectivity index (χ0n) is 9.07. The van der Waals surface area contributed by atoms with E-state index < -0.39 is 0 Å². The molecule has 15 heavy (non-hydrogen) atoms. The van der Waals surface area contributed by atoms with Gasteiger partial charge in [-0.3, -0.25) is 4.79 Å². The summed E-state index contributed by atoms with van der Waals surface area (Å²) in [6.45, 7) is 5.57. The van der Waals surface area contributed by atoms with Crippen LogP contribution in [0.3, 0.4) is 0 Å². The summed E-state index contributed by atoms with van der Waals surface area (Å²) in [6.07, 6.45) is 0. The number of Topliss-reactive ketones (excluding diaryl/α,β-unsaturated/α-hetero) is 1. The summed E-state index contributed by atoms with van der Waals surface area (Å²) in [5.41, 5.74) is 2.17. The van der Waals surface area contributed by atoms with Crippen molar-refractivity contribution in [3.63, 3.8) is 0 Å². The van der Waals surface area contributed by atoms with E-state index in [1.54, 1.807) is 19.1 Å². The Morgan fingerprint density at radius 2 is 2.13 bits per heavy atom. The van der Waals surface area contributed by atoms with Crippen LogP contribution in [0.2, 0.25) is 0 Å². The number of ketones is 1. The molecule has 0 aliphatic carbocycles. The summed E-state index contributed by atoms with van der Waals surface area (Å²) in [6, 6.07) is 5.38. The zero-order valence-corrected chi connectivity index (χ0v) is 9.07. The lowest BCUT2D eigenvalue weighted by Gasteiger charge is -2.02. The van der Waals surface area contributed by atoms with Gasteiger partial charge in [0.1, 0.15) is 5.52 Å².